The second-order valence-corrected chi connectivity index (χ2v) is 6.06. The highest BCUT2D eigenvalue weighted by atomic mass is 16.5. The van der Waals surface area contributed by atoms with Crippen LogP contribution in [0, 0.1) is 18.3 Å². The standard InChI is InChI=1S/C21H19N3O4/c1-14-6-2-5-9-19(14)27-11-10-20(26)28-13-18(25)15(12-22)21-23-16-7-3-4-8-17(16)24-21/h2-9,25H,10-11,13H2,1H3,(H,23,24)/b18-15-. The van der Waals surface area contributed by atoms with Crippen molar-refractivity contribution in [1.29, 1.82) is 5.26 Å². The number of nitrogens with zero attached hydrogens (tertiary/aromatic N) is 2. The SMILES string of the molecule is Cc1ccccc1OCCC(=O)OC/C(O)=C(\C#N)c1nc2ccccc2[nH]1. The van der Waals surface area contributed by atoms with Gasteiger partial charge in [0.05, 0.1) is 24.1 Å². The Hall–Kier alpha value is -3.79. The number of benzene rings is 2. The summed E-state index contributed by atoms with van der Waals surface area (Å²) in [6.07, 6.45) is 0.0220. The zero-order valence-corrected chi connectivity index (χ0v) is 15.3. The number of ether oxygens (including phenoxy) is 2. The summed E-state index contributed by atoms with van der Waals surface area (Å²) in [6.45, 7) is 1.66. The van der Waals surface area contributed by atoms with Gasteiger partial charge < -0.3 is 19.6 Å². The molecule has 0 aliphatic heterocycles. The molecular weight excluding hydrogens is 358 g/mol. The highest BCUT2D eigenvalue weighted by Gasteiger charge is 2.15. The number of aliphatic hydroxyl groups excluding tert-OH is 1. The van der Waals surface area contributed by atoms with Gasteiger partial charge in [0.1, 0.15) is 24.0 Å². The van der Waals surface area contributed by atoms with Crippen molar-refractivity contribution in [3.8, 4) is 11.8 Å². The molecule has 0 aliphatic carbocycles. The maximum absolute atomic E-state index is 11.9. The van der Waals surface area contributed by atoms with E-state index in [2.05, 4.69) is 9.97 Å². The Morgan fingerprint density at radius 1 is 1.21 bits per heavy atom. The molecule has 3 aromatic rings. The summed E-state index contributed by atoms with van der Waals surface area (Å²) in [5.41, 5.74) is 2.31. The van der Waals surface area contributed by atoms with E-state index in [0.717, 1.165) is 11.1 Å². The Morgan fingerprint density at radius 3 is 2.71 bits per heavy atom. The third-order valence-corrected chi connectivity index (χ3v) is 4.05. The van der Waals surface area contributed by atoms with Crippen LogP contribution in [0.4, 0.5) is 0 Å². The van der Waals surface area contributed by atoms with Gasteiger partial charge in [-0.15, -0.1) is 0 Å². The number of hydrogen-bond acceptors (Lipinski definition) is 6. The molecule has 0 saturated carbocycles. The number of imidazole rings is 1. The number of aromatic amines is 1. The summed E-state index contributed by atoms with van der Waals surface area (Å²) in [5, 5.41) is 19.5. The number of carbonyl (C=O) groups excluding carboxylic acids is 1. The predicted molar refractivity (Wildman–Crippen MR) is 104 cm³/mol. The number of H-pyrrole nitrogens is 1. The van der Waals surface area contributed by atoms with Gasteiger partial charge >= 0.3 is 5.97 Å². The van der Waals surface area contributed by atoms with Crippen LogP contribution in [0.2, 0.25) is 0 Å². The first-order valence-corrected chi connectivity index (χ1v) is 8.70. The topological polar surface area (TPSA) is 108 Å². The summed E-state index contributed by atoms with van der Waals surface area (Å²) in [7, 11) is 0. The number of aryl methyl sites for hydroxylation is 1. The third kappa shape index (κ3) is 4.48. The number of nitriles is 1. The molecular formula is C21H19N3O4. The van der Waals surface area contributed by atoms with Gasteiger partial charge in [-0.1, -0.05) is 30.3 Å². The average molecular weight is 377 g/mol. The van der Waals surface area contributed by atoms with Gasteiger partial charge in [-0.25, -0.2) is 4.98 Å². The van der Waals surface area contributed by atoms with Crippen LogP contribution < -0.4 is 4.74 Å². The van der Waals surface area contributed by atoms with Crippen molar-refractivity contribution in [2.24, 2.45) is 0 Å². The number of rotatable bonds is 7. The lowest BCUT2D eigenvalue weighted by molar-refractivity contribution is -0.143. The highest BCUT2D eigenvalue weighted by Crippen LogP contribution is 2.19. The molecule has 0 radical (unpaired) electrons. The van der Waals surface area contributed by atoms with Crippen molar-refractivity contribution in [3.05, 3.63) is 65.7 Å². The van der Waals surface area contributed by atoms with Crippen LogP contribution >= 0.6 is 0 Å². The van der Waals surface area contributed by atoms with Crippen molar-refractivity contribution < 1.29 is 19.4 Å². The minimum atomic E-state index is -0.540. The van der Waals surface area contributed by atoms with Gasteiger partial charge in [0.15, 0.2) is 11.6 Å². The maximum atomic E-state index is 11.9. The lowest BCUT2D eigenvalue weighted by Gasteiger charge is -2.09. The minimum absolute atomic E-state index is 0.0220. The van der Waals surface area contributed by atoms with Crippen molar-refractivity contribution in [3.63, 3.8) is 0 Å². The Balaban J connectivity index is 1.56. The summed E-state index contributed by atoms with van der Waals surface area (Å²) in [4.78, 5) is 19.1. The zero-order chi connectivity index (χ0) is 19.9. The van der Waals surface area contributed by atoms with Crippen LogP contribution in [0.25, 0.3) is 16.6 Å². The van der Waals surface area contributed by atoms with E-state index in [1.54, 1.807) is 6.07 Å². The van der Waals surface area contributed by atoms with Gasteiger partial charge in [0.25, 0.3) is 0 Å². The molecule has 1 aromatic heterocycles. The van der Waals surface area contributed by atoms with E-state index in [9.17, 15) is 15.2 Å². The number of para-hydroxylation sites is 3. The Labute approximate surface area is 161 Å². The molecule has 0 saturated heterocycles. The van der Waals surface area contributed by atoms with Crippen LogP contribution in [-0.4, -0.2) is 34.3 Å². The van der Waals surface area contributed by atoms with E-state index < -0.39 is 12.6 Å². The monoisotopic (exact) mass is 377 g/mol. The molecule has 3 rings (SSSR count). The fourth-order valence-corrected chi connectivity index (χ4v) is 2.58. The number of esters is 1. The molecule has 28 heavy (non-hydrogen) atoms. The van der Waals surface area contributed by atoms with Crippen molar-refractivity contribution in [2.75, 3.05) is 13.2 Å². The molecule has 7 nitrogen and oxygen atoms in total. The lowest BCUT2D eigenvalue weighted by atomic mass is 10.2. The Kier molecular flexibility index (Phi) is 5.92. The Morgan fingerprint density at radius 2 is 1.96 bits per heavy atom. The minimum Gasteiger partial charge on any atom is -0.507 e. The molecule has 7 heteroatoms. The van der Waals surface area contributed by atoms with Crippen LogP contribution in [0.3, 0.4) is 0 Å². The number of hydrogen-bond donors (Lipinski definition) is 2. The molecule has 0 aliphatic rings. The van der Waals surface area contributed by atoms with Crippen LogP contribution in [0.15, 0.2) is 54.3 Å². The van der Waals surface area contributed by atoms with Crippen molar-refractivity contribution in [2.45, 2.75) is 13.3 Å². The van der Waals surface area contributed by atoms with E-state index in [0.29, 0.717) is 11.3 Å². The smallest absolute Gasteiger partial charge is 0.309 e. The van der Waals surface area contributed by atoms with E-state index in [1.165, 1.54) is 0 Å². The summed E-state index contributed by atoms with van der Waals surface area (Å²) in [6, 6.07) is 16.6. The first-order valence-electron chi connectivity index (χ1n) is 8.70. The molecule has 2 N–H and O–H groups in total. The van der Waals surface area contributed by atoms with Gasteiger partial charge in [-0.2, -0.15) is 5.26 Å². The molecule has 0 amide bonds. The zero-order valence-electron chi connectivity index (χ0n) is 15.3. The van der Waals surface area contributed by atoms with Crippen molar-refractivity contribution >= 4 is 22.6 Å². The molecule has 0 bridgehead atoms. The number of nitrogens with one attached hydrogen (secondary N) is 1. The van der Waals surface area contributed by atoms with Crippen LogP contribution in [0.5, 0.6) is 5.75 Å². The fourth-order valence-electron chi connectivity index (χ4n) is 2.58. The summed E-state index contributed by atoms with van der Waals surface area (Å²) < 4.78 is 10.6. The molecule has 0 spiro atoms. The van der Waals surface area contributed by atoms with E-state index in [1.807, 2.05) is 55.5 Å². The van der Waals surface area contributed by atoms with Gasteiger partial charge in [0, 0.05) is 0 Å². The first kappa shape index (κ1) is 19.0. The first-order chi connectivity index (χ1) is 13.6. The Bertz CT molecular complexity index is 1030. The van der Waals surface area contributed by atoms with Gasteiger partial charge in [0.2, 0.25) is 0 Å². The van der Waals surface area contributed by atoms with Crippen LogP contribution in [0.1, 0.15) is 17.8 Å². The summed E-state index contributed by atoms with van der Waals surface area (Å²) >= 11 is 0. The van der Waals surface area contributed by atoms with Crippen molar-refractivity contribution in [1.82, 2.24) is 9.97 Å². The van der Waals surface area contributed by atoms with Gasteiger partial charge in [-0.05, 0) is 30.7 Å². The fraction of sp³-hybridized carbons (Fsp3) is 0.190. The molecule has 0 unspecified atom stereocenters. The molecule has 0 atom stereocenters. The number of aliphatic hydroxyl groups is 1. The number of carbonyl (C=O) groups is 1. The summed E-state index contributed by atoms with van der Waals surface area (Å²) in [5.74, 6) is 0.0200. The number of fused-ring (bicyclic) bond motifs is 1. The molecule has 0 fully saturated rings. The predicted octanol–water partition coefficient (Wildman–Crippen LogP) is 3.68. The molecule has 1 heterocycles. The largest absolute Gasteiger partial charge is 0.507 e. The normalized spacial score (nSPS) is 11.6. The molecule has 2 aromatic carbocycles. The average Bonchev–Trinajstić information content (AvgIpc) is 3.12. The second kappa shape index (κ2) is 8.73. The second-order valence-electron chi connectivity index (χ2n) is 6.06. The highest BCUT2D eigenvalue weighted by molar-refractivity contribution is 5.83. The van der Waals surface area contributed by atoms with E-state index in [-0.39, 0.29) is 30.2 Å². The lowest BCUT2D eigenvalue weighted by Crippen LogP contribution is -2.12. The van der Waals surface area contributed by atoms with Crippen LogP contribution in [-0.2, 0) is 9.53 Å². The maximum Gasteiger partial charge on any atom is 0.309 e. The third-order valence-electron chi connectivity index (χ3n) is 4.05. The van der Waals surface area contributed by atoms with E-state index in [4.69, 9.17) is 9.47 Å². The van der Waals surface area contributed by atoms with Gasteiger partial charge in [-0.3, -0.25) is 4.79 Å². The number of allylic oxidation sites excluding steroid dienone is 1. The number of aromatic nitrogens is 2. The quantitative estimate of drug-likeness (QED) is 0.369. The van der Waals surface area contributed by atoms with E-state index >= 15 is 0 Å². The molecule has 142 valence electrons.